The Hall–Kier alpha value is -2.58. The minimum absolute atomic E-state index is 0.157. The number of thioether (sulfide) groups is 1. The molecule has 2 aromatic heterocycles. The Bertz CT molecular complexity index is 1000. The summed E-state index contributed by atoms with van der Waals surface area (Å²) >= 11 is 7.21. The van der Waals surface area contributed by atoms with E-state index in [-0.39, 0.29) is 11.7 Å². The van der Waals surface area contributed by atoms with Crippen LogP contribution in [0.15, 0.2) is 35.5 Å². The van der Waals surface area contributed by atoms with Gasteiger partial charge in [0, 0.05) is 23.7 Å². The first-order chi connectivity index (χ1) is 13.4. The van der Waals surface area contributed by atoms with Crippen LogP contribution in [0, 0.1) is 6.92 Å². The van der Waals surface area contributed by atoms with Gasteiger partial charge in [0.1, 0.15) is 11.6 Å². The SMILES string of the molecule is CCc1nc(SCC(=O)Nc2cc(C)nn2C)nc(N)c1-c1ccc(Cl)cc1. The quantitative estimate of drug-likeness (QED) is 0.469. The van der Waals surface area contributed by atoms with Crippen molar-refractivity contribution in [3.05, 3.63) is 46.7 Å². The van der Waals surface area contributed by atoms with Crippen molar-refractivity contribution in [2.75, 3.05) is 16.8 Å². The van der Waals surface area contributed by atoms with Crippen LogP contribution in [0.4, 0.5) is 11.6 Å². The lowest BCUT2D eigenvalue weighted by molar-refractivity contribution is -0.113. The number of amides is 1. The van der Waals surface area contributed by atoms with Crippen LogP contribution in [0.5, 0.6) is 0 Å². The van der Waals surface area contributed by atoms with E-state index in [9.17, 15) is 4.79 Å². The Morgan fingerprint density at radius 3 is 2.61 bits per heavy atom. The third-order valence-corrected chi connectivity index (χ3v) is 5.16. The molecule has 2 heterocycles. The van der Waals surface area contributed by atoms with Gasteiger partial charge in [0.2, 0.25) is 5.91 Å². The lowest BCUT2D eigenvalue weighted by atomic mass is 10.0. The van der Waals surface area contributed by atoms with Crippen LogP contribution in [-0.4, -0.2) is 31.4 Å². The number of nitrogens with zero attached hydrogens (tertiary/aromatic N) is 4. The van der Waals surface area contributed by atoms with Gasteiger partial charge >= 0.3 is 0 Å². The number of hydrogen-bond donors (Lipinski definition) is 2. The van der Waals surface area contributed by atoms with E-state index in [0.717, 1.165) is 22.5 Å². The number of nitrogens with two attached hydrogens (primary N) is 1. The molecular formula is C19H21ClN6OS. The zero-order valence-electron chi connectivity index (χ0n) is 15.9. The maximum atomic E-state index is 12.2. The number of aromatic nitrogens is 4. The van der Waals surface area contributed by atoms with Crippen LogP contribution >= 0.6 is 23.4 Å². The normalized spacial score (nSPS) is 10.9. The highest BCUT2D eigenvalue weighted by Crippen LogP contribution is 2.31. The van der Waals surface area contributed by atoms with E-state index >= 15 is 0 Å². The number of benzene rings is 1. The Labute approximate surface area is 172 Å². The summed E-state index contributed by atoms with van der Waals surface area (Å²) in [6.07, 6.45) is 0.693. The summed E-state index contributed by atoms with van der Waals surface area (Å²) in [6, 6.07) is 9.22. The first-order valence-electron chi connectivity index (χ1n) is 8.73. The van der Waals surface area contributed by atoms with Gasteiger partial charge in [0.25, 0.3) is 0 Å². The summed E-state index contributed by atoms with van der Waals surface area (Å²) < 4.78 is 1.63. The van der Waals surface area contributed by atoms with Crippen molar-refractivity contribution in [3.8, 4) is 11.1 Å². The monoisotopic (exact) mass is 416 g/mol. The minimum atomic E-state index is -0.157. The molecule has 1 amide bonds. The topological polar surface area (TPSA) is 98.7 Å². The van der Waals surface area contributed by atoms with Gasteiger partial charge in [-0.1, -0.05) is 42.4 Å². The highest BCUT2D eigenvalue weighted by molar-refractivity contribution is 7.99. The summed E-state index contributed by atoms with van der Waals surface area (Å²) in [5, 5.41) is 8.17. The predicted octanol–water partition coefficient (Wildman–Crippen LogP) is 3.71. The third-order valence-electron chi connectivity index (χ3n) is 4.06. The Kier molecular flexibility index (Phi) is 6.21. The molecule has 0 unspecified atom stereocenters. The maximum Gasteiger partial charge on any atom is 0.235 e. The van der Waals surface area contributed by atoms with Gasteiger partial charge in [-0.2, -0.15) is 5.10 Å². The van der Waals surface area contributed by atoms with E-state index in [1.807, 2.05) is 44.2 Å². The van der Waals surface area contributed by atoms with Gasteiger partial charge in [0.15, 0.2) is 5.16 Å². The van der Waals surface area contributed by atoms with Crippen LogP contribution < -0.4 is 11.1 Å². The van der Waals surface area contributed by atoms with Gasteiger partial charge in [0.05, 0.1) is 17.1 Å². The van der Waals surface area contributed by atoms with Gasteiger partial charge in [-0.05, 0) is 31.0 Å². The van der Waals surface area contributed by atoms with E-state index < -0.39 is 0 Å². The molecule has 0 aliphatic heterocycles. The van der Waals surface area contributed by atoms with Gasteiger partial charge in [-0.15, -0.1) is 0 Å². The number of aryl methyl sites for hydroxylation is 3. The molecule has 146 valence electrons. The number of carbonyl (C=O) groups excluding carboxylic acids is 1. The van der Waals surface area contributed by atoms with Crippen molar-refractivity contribution in [2.24, 2.45) is 7.05 Å². The number of nitrogen functional groups attached to an aromatic ring is 1. The summed E-state index contributed by atoms with van der Waals surface area (Å²) in [7, 11) is 1.78. The molecule has 0 saturated carbocycles. The van der Waals surface area contributed by atoms with E-state index in [2.05, 4.69) is 20.4 Å². The zero-order valence-corrected chi connectivity index (χ0v) is 17.4. The zero-order chi connectivity index (χ0) is 20.3. The summed E-state index contributed by atoms with van der Waals surface area (Å²) in [4.78, 5) is 21.2. The van der Waals surface area contributed by atoms with E-state index in [1.54, 1.807) is 11.7 Å². The second kappa shape index (κ2) is 8.62. The molecule has 7 nitrogen and oxygen atoms in total. The minimum Gasteiger partial charge on any atom is -0.383 e. The number of nitrogens with one attached hydrogen (secondary N) is 1. The van der Waals surface area contributed by atoms with Gasteiger partial charge in [-0.3, -0.25) is 9.48 Å². The molecule has 28 heavy (non-hydrogen) atoms. The molecule has 0 saturated heterocycles. The van der Waals surface area contributed by atoms with Crippen molar-refractivity contribution in [1.29, 1.82) is 0 Å². The molecule has 0 aliphatic carbocycles. The average Bonchev–Trinajstić information content (AvgIpc) is 2.97. The van der Waals surface area contributed by atoms with Crippen molar-refractivity contribution >= 4 is 40.9 Å². The lowest BCUT2D eigenvalue weighted by Crippen LogP contribution is -2.16. The summed E-state index contributed by atoms with van der Waals surface area (Å²) in [5.74, 6) is 1.05. The average molecular weight is 417 g/mol. The fourth-order valence-electron chi connectivity index (χ4n) is 2.79. The van der Waals surface area contributed by atoms with Gasteiger partial charge < -0.3 is 11.1 Å². The Balaban J connectivity index is 1.74. The highest BCUT2D eigenvalue weighted by Gasteiger charge is 2.15. The standard InChI is InChI=1S/C19H21ClN6OS/c1-4-14-17(12-5-7-13(20)8-6-12)18(21)24-19(22-14)28-10-16(27)23-15-9-11(2)25-26(15)3/h5-9H,4,10H2,1-3H3,(H,23,27)(H2,21,22,24). The largest absolute Gasteiger partial charge is 0.383 e. The van der Waals surface area contributed by atoms with E-state index in [1.165, 1.54) is 11.8 Å². The lowest BCUT2D eigenvalue weighted by Gasteiger charge is -2.12. The molecule has 1 aromatic carbocycles. The Morgan fingerprint density at radius 2 is 2.00 bits per heavy atom. The van der Waals surface area contributed by atoms with E-state index in [0.29, 0.717) is 28.2 Å². The maximum absolute atomic E-state index is 12.2. The van der Waals surface area contributed by atoms with Crippen LogP contribution in [0.3, 0.4) is 0 Å². The van der Waals surface area contributed by atoms with Crippen molar-refractivity contribution < 1.29 is 4.79 Å². The van der Waals surface area contributed by atoms with Crippen LogP contribution in [0.2, 0.25) is 5.02 Å². The smallest absolute Gasteiger partial charge is 0.235 e. The third kappa shape index (κ3) is 4.63. The fourth-order valence-corrected chi connectivity index (χ4v) is 3.59. The highest BCUT2D eigenvalue weighted by atomic mass is 35.5. The molecule has 9 heteroatoms. The summed E-state index contributed by atoms with van der Waals surface area (Å²) in [6.45, 7) is 3.88. The molecule has 0 radical (unpaired) electrons. The number of halogens is 1. The number of anilines is 2. The molecular weight excluding hydrogens is 396 g/mol. The molecule has 3 aromatic rings. The van der Waals surface area contributed by atoms with Crippen molar-refractivity contribution in [1.82, 2.24) is 19.7 Å². The number of hydrogen-bond acceptors (Lipinski definition) is 6. The second-order valence-electron chi connectivity index (χ2n) is 6.20. The summed E-state index contributed by atoms with van der Waals surface area (Å²) in [5.41, 5.74) is 9.60. The number of rotatable bonds is 6. The fraction of sp³-hybridized carbons (Fsp3) is 0.263. The first-order valence-corrected chi connectivity index (χ1v) is 10.1. The molecule has 0 fully saturated rings. The second-order valence-corrected chi connectivity index (χ2v) is 7.58. The van der Waals surface area contributed by atoms with Crippen LogP contribution in [0.25, 0.3) is 11.1 Å². The van der Waals surface area contributed by atoms with Gasteiger partial charge in [-0.25, -0.2) is 9.97 Å². The molecule has 3 N–H and O–H groups in total. The molecule has 3 rings (SSSR count). The van der Waals surface area contributed by atoms with Crippen LogP contribution in [-0.2, 0) is 18.3 Å². The molecule has 0 spiro atoms. The predicted molar refractivity (Wildman–Crippen MR) is 114 cm³/mol. The number of carbonyl (C=O) groups is 1. The first kappa shape index (κ1) is 20.2. The Morgan fingerprint density at radius 1 is 1.29 bits per heavy atom. The molecule has 0 atom stereocenters. The molecule has 0 bridgehead atoms. The van der Waals surface area contributed by atoms with Crippen molar-refractivity contribution in [3.63, 3.8) is 0 Å². The van der Waals surface area contributed by atoms with Crippen molar-refractivity contribution in [2.45, 2.75) is 25.4 Å². The van der Waals surface area contributed by atoms with E-state index in [4.69, 9.17) is 17.3 Å². The van der Waals surface area contributed by atoms with Crippen LogP contribution in [0.1, 0.15) is 18.3 Å². The molecule has 0 aliphatic rings.